The molecule has 8 heteroatoms. The quantitative estimate of drug-likeness (QED) is 0.729. The molecule has 0 saturated heterocycles. The van der Waals surface area contributed by atoms with Gasteiger partial charge in [-0.1, -0.05) is 13.8 Å². The molecule has 1 saturated carbocycles. The standard InChI is InChI=1S/C12H15N3O4S/c1-12(2)7(8(12)10(18)19)9(17)15-11-14-5(4-20-11)3-6(13)16/h4,7-8H,3H2,1-2H3,(H2,13,16)(H,18,19)(H,14,15,17)/t7-,8-/m0/s1. The topological polar surface area (TPSA) is 122 Å². The number of aromatic nitrogens is 1. The van der Waals surface area contributed by atoms with Gasteiger partial charge in [0, 0.05) is 5.38 Å². The van der Waals surface area contributed by atoms with Crippen molar-refractivity contribution < 1.29 is 19.5 Å². The predicted molar refractivity (Wildman–Crippen MR) is 72.0 cm³/mol. The second kappa shape index (κ2) is 4.86. The Bertz CT molecular complexity index is 581. The maximum Gasteiger partial charge on any atom is 0.307 e. The number of hydrogen-bond donors (Lipinski definition) is 3. The van der Waals surface area contributed by atoms with E-state index in [0.29, 0.717) is 10.8 Å². The van der Waals surface area contributed by atoms with E-state index in [1.54, 1.807) is 19.2 Å². The van der Waals surface area contributed by atoms with Gasteiger partial charge in [0.15, 0.2) is 5.13 Å². The third-order valence-electron chi connectivity index (χ3n) is 3.51. The van der Waals surface area contributed by atoms with E-state index in [4.69, 9.17) is 10.8 Å². The van der Waals surface area contributed by atoms with Crippen LogP contribution in [-0.2, 0) is 20.8 Å². The summed E-state index contributed by atoms with van der Waals surface area (Å²) < 4.78 is 0. The number of carboxylic acids is 1. The lowest BCUT2D eigenvalue weighted by Crippen LogP contribution is -2.18. The minimum Gasteiger partial charge on any atom is -0.481 e. The molecule has 1 aliphatic rings. The van der Waals surface area contributed by atoms with Gasteiger partial charge in [0.25, 0.3) is 0 Å². The Kier molecular flexibility index (Phi) is 3.51. The number of thiazole rings is 1. The molecular formula is C12H15N3O4S. The molecule has 1 aromatic rings. The second-order valence-electron chi connectivity index (χ2n) is 5.39. The van der Waals surface area contributed by atoms with Gasteiger partial charge in [-0.3, -0.25) is 14.4 Å². The molecule has 1 aliphatic carbocycles. The first-order valence-corrected chi connectivity index (χ1v) is 6.88. The Hall–Kier alpha value is -1.96. The zero-order valence-corrected chi connectivity index (χ0v) is 11.9. The van der Waals surface area contributed by atoms with E-state index in [1.807, 2.05) is 0 Å². The SMILES string of the molecule is CC1(C)[C@H](C(=O)O)[C@H]1C(=O)Nc1nc(CC(N)=O)cs1. The van der Waals surface area contributed by atoms with Crippen LogP contribution in [-0.4, -0.2) is 27.9 Å². The van der Waals surface area contributed by atoms with Gasteiger partial charge >= 0.3 is 5.97 Å². The third-order valence-corrected chi connectivity index (χ3v) is 4.32. The van der Waals surface area contributed by atoms with Gasteiger partial charge in [0.05, 0.1) is 24.0 Å². The first-order chi connectivity index (χ1) is 9.23. The number of primary amides is 1. The summed E-state index contributed by atoms with van der Waals surface area (Å²) in [6.07, 6.45) is 0.0129. The monoisotopic (exact) mass is 297 g/mol. The van der Waals surface area contributed by atoms with Gasteiger partial charge in [-0.15, -0.1) is 11.3 Å². The van der Waals surface area contributed by atoms with Crippen molar-refractivity contribution in [3.8, 4) is 0 Å². The summed E-state index contributed by atoms with van der Waals surface area (Å²) in [6.45, 7) is 3.49. The first kappa shape index (κ1) is 14.4. The molecule has 4 N–H and O–H groups in total. The highest BCUT2D eigenvalue weighted by Gasteiger charge is 2.65. The molecule has 2 atom stereocenters. The number of anilines is 1. The van der Waals surface area contributed by atoms with Crippen molar-refractivity contribution >= 4 is 34.3 Å². The number of nitrogens with zero attached hydrogens (tertiary/aromatic N) is 1. The van der Waals surface area contributed by atoms with Crippen molar-refractivity contribution in [1.29, 1.82) is 0 Å². The molecule has 7 nitrogen and oxygen atoms in total. The number of nitrogens with one attached hydrogen (secondary N) is 1. The molecule has 20 heavy (non-hydrogen) atoms. The summed E-state index contributed by atoms with van der Waals surface area (Å²) in [5.74, 6) is -3.07. The van der Waals surface area contributed by atoms with Gasteiger partial charge in [-0.25, -0.2) is 4.98 Å². The molecule has 2 rings (SSSR count). The number of nitrogens with two attached hydrogens (primary N) is 1. The summed E-state index contributed by atoms with van der Waals surface area (Å²) >= 11 is 1.18. The minimum atomic E-state index is -0.969. The summed E-state index contributed by atoms with van der Waals surface area (Å²) in [6, 6.07) is 0. The van der Waals surface area contributed by atoms with Crippen LogP contribution in [0.3, 0.4) is 0 Å². The van der Waals surface area contributed by atoms with Crippen LogP contribution in [0.5, 0.6) is 0 Å². The predicted octanol–water partition coefficient (Wildman–Crippen LogP) is 0.466. The molecule has 0 aliphatic heterocycles. The summed E-state index contributed by atoms with van der Waals surface area (Å²) in [4.78, 5) is 37.9. The van der Waals surface area contributed by atoms with Crippen LogP contribution in [0.1, 0.15) is 19.5 Å². The lowest BCUT2D eigenvalue weighted by atomic mass is 10.1. The molecule has 2 amide bonds. The number of hydrogen-bond acceptors (Lipinski definition) is 5. The zero-order chi connectivity index (χ0) is 15.1. The zero-order valence-electron chi connectivity index (χ0n) is 11.0. The van der Waals surface area contributed by atoms with Crippen molar-refractivity contribution in [2.24, 2.45) is 23.0 Å². The van der Waals surface area contributed by atoms with E-state index < -0.39 is 29.1 Å². The average molecular weight is 297 g/mol. The van der Waals surface area contributed by atoms with Crippen LogP contribution in [0, 0.1) is 17.3 Å². The molecule has 108 valence electrons. The van der Waals surface area contributed by atoms with Crippen molar-refractivity contribution in [3.05, 3.63) is 11.1 Å². The Morgan fingerprint density at radius 2 is 2.10 bits per heavy atom. The van der Waals surface area contributed by atoms with Crippen LogP contribution >= 0.6 is 11.3 Å². The van der Waals surface area contributed by atoms with Gasteiger partial charge in [0.2, 0.25) is 11.8 Å². The average Bonchev–Trinajstić information content (AvgIpc) is 2.63. The van der Waals surface area contributed by atoms with E-state index in [9.17, 15) is 14.4 Å². The van der Waals surface area contributed by atoms with Crippen LogP contribution < -0.4 is 11.1 Å². The molecule has 0 aromatic carbocycles. The highest BCUT2D eigenvalue weighted by Crippen LogP contribution is 2.58. The molecule has 1 aromatic heterocycles. The number of carboxylic acid groups (broad SMARTS) is 1. The fraction of sp³-hybridized carbons (Fsp3) is 0.500. The number of amides is 2. The third kappa shape index (κ3) is 2.64. The number of carbonyl (C=O) groups excluding carboxylic acids is 2. The van der Waals surface area contributed by atoms with Crippen molar-refractivity contribution in [3.63, 3.8) is 0 Å². The van der Waals surface area contributed by atoms with E-state index in [2.05, 4.69) is 10.3 Å². The van der Waals surface area contributed by atoms with E-state index in [1.165, 1.54) is 11.3 Å². The number of carbonyl (C=O) groups is 3. The van der Waals surface area contributed by atoms with E-state index in [-0.39, 0.29) is 12.3 Å². The summed E-state index contributed by atoms with van der Waals surface area (Å²) in [5, 5.41) is 13.6. The van der Waals surface area contributed by atoms with Crippen LogP contribution in [0.2, 0.25) is 0 Å². The van der Waals surface area contributed by atoms with Crippen molar-refractivity contribution in [2.75, 3.05) is 5.32 Å². The van der Waals surface area contributed by atoms with Crippen LogP contribution in [0.15, 0.2) is 5.38 Å². The summed E-state index contributed by atoms with van der Waals surface area (Å²) in [5.41, 5.74) is 4.99. The lowest BCUT2D eigenvalue weighted by molar-refractivity contribution is -0.140. The largest absolute Gasteiger partial charge is 0.481 e. The summed E-state index contributed by atoms with van der Waals surface area (Å²) in [7, 11) is 0. The first-order valence-electron chi connectivity index (χ1n) is 6.00. The van der Waals surface area contributed by atoms with Crippen LogP contribution in [0.4, 0.5) is 5.13 Å². The molecule has 0 bridgehead atoms. The number of rotatable bonds is 5. The Morgan fingerprint density at radius 1 is 1.45 bits per heavy atom. The van der Waals surface area contributed by atoms with Gasteiger partial charge in [-0.2, -0.15) is 0 Å². The molecular weight excluding hydrogens is 282 g/mol. The molecule has 1 heterocycles. The molecule has 0 unspecified atom stereocenters. The van der Waals surface area contributed by atoms with E-state index >= 15 is 0 Å². The molecule has 1 fully saturated rings. The Morgan fingerprint density at radius 3 is 2.60 bits per heavy atom. The Labute approximate surface area is 119 Å². The van der Waals surface area contributed by atoms with Crippen LogP contribution in [0.25, 0.3) is 0 Å². The minimum absolute atomic E-state index is 0.0129. The maximum absolute atomic E-state index is 12.0. The fourth-order valence-electron chi connectivity index (χ4n) is 2.40. The van der Waals surface area contributed by atoms with Crippen molar-refractivity contribution in [1.82, 2.24) is 4.98 Å². The molecule has 0 spiro atoms. The normalized spacial score (nSPS) is 23.1. The van der Waals surface area contributed by atoms with Gasteiger partial charge in [-0.05, 0) is 5.41 Å². The van der Waals surface area contributed by atoms with Gasteiger partial charge < -0.3 is 16.2 Å². The van der Waals surface area contributed by atoms with Crippen molar-refractivity contribution in [2.45, 2.75) is 20.3 Å². The maximum atomic E-state index is 12.0. The highest BCUT2D eigenvalue weighted by atomic mass is 32.1. The number of aliphatic carboxylic acids is 1. The Balaban J connectivity index is 2.01. The lowest BCUT2D eigenvalue weighted by Gasteiger charge is -2.02. The highest BCUT2D eigenvalue weighted by molar-refractivity contribution is 7.13. The van der Waals surface area contributed by atoms with E-state index in [0.717, 1.165) is 0 Å². The smallest absolute Gasteiger partial charge is 0.307 e. The molecule has 0 radical (unpaired) electrons. The van der Waals surface area contributed by atoms with Gasteiger partial charge in [0.1, 0.15) is 0 Å². The second-order valence-corrected chi connectivity index (χ2v) is 6.25. The fourth-order valence-corrected chi connectivity index (χ4v) is 3.11.